The van der Waals surface area contributed by atoms with Crippen LogP contribution < -0.4 is 5.32 Å². The summed E-state index contributed by atoms with van der Waals surface area (Å²) < 4.78 is 123. The molecule has 4 aliphatic rings. The highest BCUT2D eigenvalue weighted by atomic mass is 16.8. The summed E-state index contributed by atoms with van der Waals surface area (Å²) in [6, 6.07) is 27.4. The first-order valence-electron chi connectivity index (χ1n) is 34.1. The van der Waals surface area contributed by atoms with Crippen LogP contribution in [0, 0.1) is 0 Å². The smallest absolute Gasteiger partial charge is 0.366 e. The molecule has 4 aromatic carbocycles. The number of esters is 13. The third-order valence-electron chi connectivity index (χ3n) is 16.8. The first kappa shape index (κ1) is 83.8. The number of nitrogens with one attached hydrogen (secondary N) is 1. The molecule has 20 atom stereocenters. The molecule has 0 aliphatic carbocycles. The Morgan fingerprint density at radius 2 is 0.890 bits per heavy atom. The van der Waals surface area contributed by atoms with E-state index < -0.39 is 238 Å². The van der Waals surface area contributed by atoms with Crippen LogP contribution in [0.2, 0.25) is 0 Å². The van der Waals surface area contributed by atoms with E-state index in [1.807, 2.05) is 0 Å². The molecule has 8 rings (SSSR count). The molecule has 1 amide bonds. The maximum atomic E-state index is 15.5. The van der Waals surface area contributed by atoms with Gasteiger partial charge in [0.25, 0.3) is 5.79 Å². The number of carbonyl (C=O) groups excluding carboxylic acids is 14. The van der Waals surface area contributed by atoms with Gasteiger partial charge in [-0.05, 0) is 55.5 Å². The molecule has 0 spiro atoms. The minimum Gasteiger partial charge on any atom is -0.465 e. The van der Waals surface area contributed by atoms with Crippen LogP contribution in [0.25, 0.3) is 0 Å². The van der Waals surface area contributed by atoms with Crippen molar-refractivity contribution < 1.29 is 162 Å². The number of benzene rings is 4. The van der Waals surface area contributed by atoms with E-state index >= 15 is 9.59 Å². The summed E-state index contributed by atoms with van der Waals surface area (Å²) in [5, 5.41) is 2.55. The predicted molar refractivity (Wildman–Crippen MR) is 359 cm³/mol. The van der Waals surface area contributed by atoms with E-state index in [1.165, 1.54) is 110 Å². The van der Waals surface area contributed by atoms with Gasteiger partial charge in [0.1, 0.15) is 62.5 Å². The van der Waals surface area contributed by atoms with Crippen LogP contribution in [0.15, 0.2) is 121 Å². The van der Waals surface area contributed by atoms with E-state index in [0.717, 1.165) is 69.4 Å². The van der Waals surface area contributed by atoms with Crippen molar-refractivity contribution in [2.75, 3.05) is 33.5 Å². The summed E-state index contributed by atoms with van der Waals surface area (Å²) >= 11 is 0. The Labute approximate surface area is 623 Å². The lowest BCUT2D eigenvalue weighted by atomic mass is 9.87. The Hall–Kier alpha value is -10.8. The predicted octanol–water partition coefficient (Wildman–Crippen LogP) is 3.42. The van der Waals surface area contributed by atoms with Crippen LogP contribution in [0.5, 0.6) is 0 Å². The van der Waals surface area contributed by atoms with Crippen molar-refractivity contribution in [2.24, 2.45) is 0 Å². The molecule has 4 fully saturated rings. The first-order valence-corrected chi connectivity index (χ1v) is 34.1. The maximum Gasteiger partial charge on any atom is 0.366 e. The van der Waals surface area contributed by atoms with Crippen molar-refractivity contribution in [3.05, 3.63) is 144 Å². The summed E-state index contributed by atoms with van der Waals surface area (Å²) in [5.74, 6) is -18.7. The van der Waals surface area contributed by atoms with Gasteiger partial charge in [0.05, 0.1) is 54.5 Å². The van der Waals surface area contributed by atoms with E-state index in [2.05, 4.69) is 5.32 Å². The summed E-state index contributed by atoms with van der Waals surface area (Å²) in [4.78, 5) is 193. The van der Waals surface area contributed by atoms with Crippen LogP contribution in [0.4, 0.5) is 0 Å². The molecule has 35 nitrogen and oxygen atoms in total. The molecule has 4 saturated heterocycles. The van der Waals surface area contributed by atoms with E-state index in [1.54, 1.807) is 18.2 Å². The molecular weight excluding hydrogens is 1450 g/mol. The fourth-order valence-electron chi connectivity index (χ4n) is 12.4. The van der Waals surface area contributed by atoms with Gasteiger partial charge in [0, 0.05) is 62.3 Å². The summed E-state index contributed by atoms with van der Waals surface area (Å²) in [6.07, 6.45) is -37.4. The van der Waals surface area contributed by atoms with E-state index in [-0.39, 0.29) is 22.3 Å². The molecule has 4 heterocycles. The minimum absolute atomic E-state index is 0.00956. The number of methoxy groups -OCH3 is 1. The third-order valence-corrected chi connectivity index (χ3v) is 16.8. The second kappa shape index (κ2) is 38.8. The van der Waals surface area contributed by atoms with Gasteiger partial charge >= 0.3 is 77.6 Å². The quantitative estimate of drug-likeness (QED) is 0.0601. The van der Waals surface area contributed by atoms with Crippen molar-refractivity contribution in [1.82, 2.24) is 5.32 Å². The molecule has 1 N–H and O–H groups in total. The van der Waals surface area contributed by atoms with Gasteiger partial charge in [-0.3, -0.25) is 43.2 Å². The highest BCUT2D eigenvalue weighted by Crippen LogP contribution is 2.43. The Morgan fingerprint density at radius 1 is 0.440 bits per heavy atom. The Bertz CT molecular complexity index is 3880. The Kier molecular flexibility index (Phi) is 29.8. The van der Waals surface area contributed by atoms with Gasteiger partial charge in [-0.2, -0.15) is 0 Å². The molecule has 4 aliphatic heterocycles. The molecule has 0 radical (unpaired) electrons. The van der Waals surface area contributed by atoms with Crippen LogP contribution >= 0.6 is 0 Å². The van der Waals surface area contributed by atoms with Crippen molar-refractivity contribution in [3.8, 4) is 0 Å². The fourth-order valence-corrected chi connectivity index (χ4v) is 12.4. The summed E-state index contributed by atoms with van der Waals surface area (Å²) in [6.45, 7) is 6.44. The van der Waals surface area contributed by atoms with Crippen molar-refractivity contribution in [3.63, 3.8) is 0 Å². The third kappa shape index (κ3) is 22.9. The average molecular weight is 1530 g/mol. The first-order chi connectivity index (χ1) is 51.8. The molecular formula is C74H83NO34. The van der Waals surface area contributed by atoms with Crippen molar-refractivity contribution in [1.29, 1.82) is 0 Å². The number of hydrogen-bond acceptors (Lipinski definition) is 34. The summed E-state index contributed by atoms with van der Waals surface area (Å²) in [5.41, 5.74) is -0.338. The molecule has 0 bridgehead atoms. The molecule has 588 valence electrons. The zero-order chi connectivity index (χ0) is 79.4. The van der Waals surface area contributed by atoms with Gasteiger partial charge in [-0.25, -0.2) is 24.0 Å². The average Bonchev–Trinajstić information content (AvgIpc) is 0.743. The van der Waals surface area contributed by atoms with Crippen LogP contribution in [-0.4, -0.2) is 239 Å². The van der Waals surface area contributed by atoms with Gasteiger partial charge in [-0.15, -0.1) is 0 Å². The lowest BCUT2D eigenvalue weighted by molar-refractivity contribution is -0.386. The molecule has 109 heavy (non-hydrogen) atoms. The van der Waals surface area contributed by atoms with E-state index in [9.17, 15) is 57.5 Å². The second-order valence-corrected chi connectivity index (χ2v) is 25.1. The maximum absolute atomic E-state index is 15.5. The molecule has 0 aromatic heterocycles. The fraction of sp³-hybridized carbons (Fsp3) is 0.486. The highest BCUT2D eigenvalue weighted by Gasteiger charge is 2.65. The zero-order valence-electron chi connectivity index (χ0n) is 60.9. The Balaban J connectivity index is 1.42. The number of hydrogen-bond donors (Lipinski definition) is 1. The lowest BCUT2D eigenvalue weighted by Gasteiger charge is -2.52. The van der Waals surface area contributed by atoms with Gasteiger partial charge < -0.3 is 100 Å². The minimum atomic E-state index is -3.32. The van der Waals surface area contributed by atoms with Crippen molar-refractivity contribution >= 4 is 83.5 Å². The molecule has 4 aromatic rings. The number of amides is 1. The van der Waals surface area contributed by atoms with E-state index in [0.29, 0.717) is 0 Å². The van der Waals surface area contributed by atoms with E-state index in [4.69, 9.17) is 94.7 Å². The van der Waals surface area contributed by atoms with Gasteiger partial charge in [0.15, 0.2) is 61.4 Å². The Morgan fingerprint density at radius 3 is 1.38 bits per heavy atom. The number of carbonyl (C=O) groups is 14. The molecule has 35 heteroatoms. The SMILES string of the molecule is COC(=O)C1(O[C@H]2[C@@H](OC(C)=O)[C@@H](COC(=O)c3ccccc3)O[C@@H](O[C@H]3[C@H](O[C@@H]4O[C@@H](C)[C@@H](OC(C)=O)[C@@H](OC(C)=O)[C@@H]4OC(C)=O)[C@@H](OC(=O)c4ccccc4)CO[C@@H]3COC(=O)c3ccccc3)[C@@H]2OC(=O)c2ccccc2)C[C@H](OC(C)=O)[C@@H](NC(C)=O)[C@H]([C@H](OC(C)=O)[C@@H](COC(C)=O)OC(C)=O)O1. The normalized spacial score (nSPS) is 27.6. The van der Waals surface area contributed by atoms with Crippen LogP contribution in [0.1, 0.15) is 117 Å². The van der Waals surface area contributed by atoms with Crippen LogP contribution in [-0.2, 0) is 143 Å². The topological polar surface area (TPSA) is 436 Å². The molecule has 1 unspecified atom stereocenters. The van der Waals surface area contributed by atoms with Gasteiger partial charge in [-0.1, -0.05) is 72.8 Å². The second-order valence-electron chi connectivity index (χ2n) is 25.1. The largest absolute Gasteiger partial charge is 0.465 e. The molecule has 0 saturated carbocycles. The highest BCUT2D eigenvalue weighted by molar-refractivity contribution is 5.91. The zero-order valence-corrected chi connectivity index (χ0v) is 60.9. The van der Waals surface area contributed by atoms with Crippen molar-refractivity contribution in [2.45, 2.75) is 198 Å². The number of rotatable bonds is 29. The van der Waals surface area contributed by atoms with Gasteiger partial charge in [0.2, 0.25) is 5.91 Å². The monoisotopic (exact) mass is 1530 g/mol. The number of ether oxygens (including phenoxy) is 20. The lowest BCUT2D eigenvalue weighted by Crippen LogP contribution is -2.72. The summed E-state index contributed by atoms with van der Waals surface area (Å²) in [7, 11) is 0.819. The standard InChI is InChI=1S/C74H83NO34/c1-37-57(98-42(6)80)63(101-45(9)83)65(102-46(10)84)71(95-37)107-59-54(103-69(87)49-28-20-14-21-29-49)35-92-52(33-93-67(85)47-24-16-12-17-25-47)58(59)106-72-66(105-70(88)50-30-22-15-23-31-50)64(61(100-44(8)82)55(104-72)36-94-68(86)48-26-18-13-19-27-48)109-74(73(89)90-11)32-51(96-40(4)78)56(75-38(2)76)62(108-74)60(99-43(7)81)53(97-41(5)79)34-91-39(3)77/h12-31,37,51-66,71-72H,32-36H2,1-11H3,(H,75,76)/t37-,51-,52+,53+,54-,55+,56+,57+,58+,59+,60+,61-,62+,63+,64-,65-,66+,71-,72-,74?/m0/s1. The van der Waals surface area contributed by atoms with Crippen LogP contribution in [0.3, 0.4) is 0 Å².